The third-order valence-corrected chi connectivity index (χ3v) is 3.04. The van der Waals surface area contributed by atoms with Crippen molar-refractivity contribution in [2.24, 2.45) is 5.73 Å². The fourth-order valence-electron chi connectivity index (χ4n) is 2.06. The van der Waals surface area contributed by atoms with Crippen LogP contribution in [-0.2, 0) is 4.79 Å². The molecule has 1 aliphatic rings. The van der Waals surface area contributed by atoms with Crippen molar-refractivity contribution < 1.29 is 4.79 Å². The molecule has 0 aliphatic carbocycles. The number of carbonyl (C=O) groups is 1. The Bertz CT molecular complexity index is 439. The molecule has 0 bridgehead atoms. The highest BCUT2D eigenvalue weighted by atomic mass is 16.2. The first-order valence-corrected chi connectivity index (χ1v) is 5.77. The Kier molecular flexibility index (Phi) is 3.13. The van der Waals surface area contributed by atoms with Crippen LogP contribution in [0.3, 0.4) is 0 Å². The van der Waals surface area contributed by atoms with Crippen LogP contribution in [-0.4, -0.2) is 28.4 Å². The quantitative estimate of drug-likeness (QED) is 0.833. The molecule has 0 radical (unpaired) electrons. The first-order chi connectivity index (χ1) is 8.09. The molecule has 1 aromatic heterocycles. The maximum absolute atomic E-state index is 11.9. The number of pyridine rings is 1. The van der Waals surface area contributed by atoms with Crippen molar-refractivity contribution >= 4 is 5.91 Å². The zero-order valence-electron chi connectivity index (χ0n) is 10.1. The summed E-state index contributed by atoms with van der Waals surface area (Å²) in [7, 11) is 0. The number of nitrogens with two attached hydrogens (primary N) is 1. The summed E-state index contributed by atoms with van der Waals surface area (Å²) in [5, 5.41) is 0. The van der Waals surface area contributed by atoms with Gasteiger partial charge in [-0.1, -0.05) is 0 Å². The molecule has 1 amide bonds. The van der Waals surface area contributed by atoms with E-state index in [2.05, 4.69) is 4.98 Å². The molecule has 2 N–H and O–H groups in total. The van der Waals surface area contributed by atoms with Gasteiger partial charge in [0.25, 0.3) is 5.91 Å². The smallest absolute Gasteiger partial charge is 0.269 e. The minimum absolute atomic E-state index is 0.0645. The van der Waals surface area contributed by atoms with Crippen LogP contribution in [0.15, 0.2) is 36.3 Å². The molecular formula is C13H17N3O. The highest BCUT2D eigenvalue weighted by molar-refractivity contribution is 5.93. The number of nitrogens with zero attached hydrogens (tertiary/aromatic N) is 2. The first-order valence-electron chi connectivity index (χ1n) is 5.77. The maximum atomic E-state index is 11.9. The van der Waals surface area contributed by atoms with E-state index in [-0.39, 0.29) is 17.9 Å². The van der Waals surface area contributed by atoms with Crippen molar-refractivity contribution in [3.63, 3.8) is 0 Å². The summed E-state index contributed by atoms with van der Waals surface area (Å²) in [4.78, 5) is 17.7. The molecule has 0 aromatic carbocycles. The summed E-state index contributed by atoms with van der Waals surface area (Å²) in [5.41, 5.74) is 7.27. The van der Waals surface area contributed by atoms with Crippen molar-refractivity contribution in [1.82, 2.24) is 9.88 Å². The van der Waals surface area contributed by atoms with Gasteiger partial charge < -0.3 is 10.6 Å². The fraction of sp³-hybridized carbons (Fsp3) is 0.385. The Morgan fingerprint density at radius 1 is 1.41 bits per heavy atom. The zero-order chi connectivity index (χ0) is 12.4. The van der Waals surface area contributed by atoms with Gasteiger partial charge in [-0.25, -0.2) is 0 Å². The molecule has 1 atom stereocenters. The first kappa shape index (κ1) is 11.6. The largest absolute Gasteiger partial charge is 0.395 e. The van der Waals surface area contributed by atoms with Gasteiger partial charge in [0.1, 0.15) is 0 Å². The van der Waals surface area contributed by atoms with E-state index in [4.69, 9.17) is 5.73 Å². The number of carbonyl (C=O) groups excluding carboxylic acids is 1. The molecule has 0 fully saturated rings. The number of hydrogen-bond donors (Lipinski definition) is 1. The lowest BCUT2D eigenvalue weighted by atomic mass is 9.94. The summed E-state index contributed by atoms with van der Waals surface area (Å²) in [6, 6.07) is 4.09. The van der Waals surface area contributed by atoms with Crippen molar-refractivity contribution in [2.45, 2.75) is 25.8 Å². The fourth-order valence-corrected chi connectivity index (χ4v) is 2.06. The number of amides is 1. The third kappa shape index (κ3) is 2.30. The van der Waals surface area contributed by atoms with Gasteiger partial charge in [-0.3, -0.25) is 9.78 Å². The molecule has 17 heavy (non-hydrogen) atoms. The zero-order valence-corrected chi connectivity index (χ0v) is 10.1. The molecule has 1 aromatic rings. The van der Waals surface area contributed by atoms with E-state index in [1.165, 1.54) is 0 Å². The molecular weight excluding hydrogens is 214 g/mol. The lowest BCUT2D eigenvalue weighted by Crippen LogP contribution is -2.45. The molecule has 1 unspecified atom stereocenters. The normalized spacial score (nSPS) is 20.6. The van der Waals surface area contributed by atoms with Crippen LogP contribution < -0.4 is 5.73 Å². The van der Waals surface area contributed by atoms with Gasteiger partial charge in [0.05, 0.1) is 5.70 Å². The SMILES string of the molecule is CC(C)N1CC(c2ccncc2)C=C(N)C1=O. The van der Waals surface area contributed by atoms with E-state index >= 15 is 0 Å². The number of aromatic nitrogens is 1. The Morgan fingerprint density at radius 3 is 2.65 bits per heavy atom. The molecule has 1 aliphatic heterocycles. The highest BCUT2D eigenvalue weighted by Gasteiger charge is 2.28. The van der Waals surface area contributed by atoms with Gasteiger partial charge in [-0.15, -0.1) is 0 Å². The molecule has 0 saturated heterocycles. The second kappa shape index (κ2) is 4.57. The number of rotatable bonds is 2. The van der Waals surface area contributed by atoms with E-state index in [0.717, 1.165) is 5.56 Å². The standard InChI is InChI=1S/C13H17N3O/c1-9(2)16-8-11(7-12(14)13(16)17)10-3-5-15-6-4-10/h3-7,9,11H,8,14H2,1-2H3. The lowest BCUT2D eigenvalue weighted by molar-refractivity contribution is -0.129. The van der Waals surface area contributed by atoms with Gasteiger partial charge in [0.15, 0.2) is 0 Å². The summed E-state index contributed by atoms with van der Waals surface area (Å²) < 4.78 is 0. The van der Waals surface area contributed by atoms with Crippen molar-refractivity contribution in [2.75, 3.05) is 6.54 Å². The van der Waals surface area contributed by atoms with E-state index in [1.807, 2.05) is 32.1 Å². The average molecular weight is 231 g/mol. The summed E-state index contributed by atoms with van der Waals surface area (Å²) in [5.74, 6) is 0.100. The van der Waals surface area contributed by atoms with Crippen LogP contribution in [0.5, 0.6) is 0 Å². The molecule has 2 heterocycles. The van der Waals surface area contributed by atoms with Crippen LogP contribution in [0.2, 0.25) is 0 Å². The molecule has 4 nitrogen and oxygen atoms in total. The van der Waals surface area contributed by atoms with Crippen LogP contribution in [0, 0.1) is 0 Å². The predicted octanol–water partition coefficient (Wildman–Crippen LogP) is 1.26. The van der Waals surface area contributed by atoms with Crippen molar-refractivity contribution in [3.05, 3.63) is 41.9 Å². The lowest BCUT2D eigenvalue weighted by Gasteiger charge is -2.33. The Labute approximate surface area is 101 Å². The van der Waals surface area contributed by atoms with E-state index < -0.39 is 0 Å². The monoisotopic (exact) mass is 231 g/mol. The molecule has 0 spiro atoms. The number of hydrogen-bond acceptors (Lipinski definition) is 3. The average Bonchev–Trinajstić information content (AvgIpc) is 2.33. The van der Waals surface area contributed by atoms with Gasteiger partial charge >= 0.3 is 0 Å². The minimum atomic E-state index is -0.0645. The van der Waals surface area contributed by atoms with Crippen LogP contribution in [0.25, 0.3) is 0 Å². The molecule has 4 heteroatoms. The van der Waals surface area contributed by atoms with Crippen LogP contribution in [0.4, 0.5) is 0 Å². The third-order valence-electron chi connectivity index (χ3n) is 3.04. The van der Waals surface area contributed by atoms with E-state index in [0.29, 0.717) is 12.2 Å². The van der Waals surface area contributed by atoms with Crippen LogP contribution in [0.1, 0.15) is 25.3 Å². The van der Waals surface area contributed by atoms with Gasteiger partial charge in [0, 0.05) is 30.9 Å². The van der Waals surface area contributed by atoms with Gasteiger partial charge in [-0.2, -0.15) is 0 Å². The molecule has 2 rings (SSSR count). The van der Waals surface area contributed by atoms with Crippen molar-refractivity contribution in [1.29, 1.82) is 0 Å². The summed E-state index contributed by atoms with van der Waals surface area (Å²) in [6.45, 7) is 4.68. The predicted molar refractivity (Wildman–Crippen MR) is 66.1 cm³/mol. The Morgan fingerprint density at radius 2 is 2.06 bits per heavy atom. The second-order valence-electron chi connectivity index (χ2n) is 4.56. The maximum Gasteiger partial charge on any atom is 0.269 e. The van der Waals surface area contributed by atoms with E-state index in [9.17, 15) is 4.79 Å². The molecule has 90 valence electrons. The molecule has 0 saturated carbocycles. The second-order valence-corrected chi connectivity index (χ2v) is 4.56. The minimum Gasteiger partial charge on any atom is -0.395 e. The summed E-state index contributed by atoms with van der Waals surface area (Å²) >= 11 is 0. The Balaban J connectivity index is 2.30. The topological polar surface area (TPSA) is 59.2 Å². The Hall–Kier alpha value is -1.84. The van der Waals surface area contributed by atoms with Crippen molar-refractivity contribution in [3.8, 4) is 0 Å². The van der Waals surface area contributed by atoms with Crippen LogP contribution >= 0.6 is 0 Å². The van der Waals surface area contributed by atoms with Gasteiger partial charge in [0.2, 0.25) is 0 Å². The highest BCUT2D eigenvalue weighted by Crippen LogP contribution is 2.24. The summed E-state index contributed by atoms with van der Waals surface area (Å²) in [6.07, 6.45) is 5.36. The van der Waals surface area contributed by atoms with E-state index in [1.54, 1.807) is 17.3 Å². The van der Waals surface area contributed by atoms with Gasteiger partial charge in [-0.05, 0) is 37.6 Å².